The molecule has 0 fully saturated rings. The van der Waals surface area contributed by atoms with Gasteiger partial charge in [-0.1, -0.05) is 43.3 Å². The standard InChI is InChI=1S/C19H22N2O4/c1-13(16-9-5-6-10-20-16)12-21-18(23)17(22)15(19(24)25)11-14-7-3-2-4-8-14/h2-10,13,15,17,22H,11-12H2,1H3,(H,21,23)(H,24,25)/p-1. The number of hydrogen-bond acceptors (Lipinski definition) is 5. The second-order valence-corrected chi connectivity index (χ2v) is 5.96. The minimum absolute atomic E-state index is 0.0214. The molecule has 1 aromatic carbocycles. The molecule has 0 radical (unpaired) electrons. The van der Waals surface area contributed by atoms with Crippen LogP contribution in [0.25, 0.3) is 0 Å². The molecular weight excluding hydrogens is 320 g/mol. The number of aliphatic hydroxyl groups excluding tert-OH is 1. The SMILES string of the molecule is CC(CNC(=O)C(O)C(Cc1ccccc1)C(=O)[O-])c1ccccn1. The first kappa shape index (κ1) is 18.6. The van der Waals surface area contributed by atoms with Crippen LogP contribution in [0.2, 0.25) is 0 Å². The zero-order valence-electron chi connectivity index (χ0n) is 14.0. The van der Waals surface area contributed by atoms with Crippen LogP contribution in [-0.4, -0.2) is 34.6 Å². The first-order valence-corrected chi connectivity index (χ1v) is 8.10. The highest BCUT2D eigenvalue weighted by Crippen LogP contribution is 2.14. The number of carbonyl (C=O) groups excluding carboxylic acids is 2. The molecule has 0 aliphatic rings. The summed E-state index contributed by atoms with van der Waals surface area (Å²) < 4.78 is 0. The van der Waals surface area contributed by atoms with Gasteiger partial charge in [-0.15, -0.1) is 0 Å². The summed E-state index contributed by atoms with van der Waals surface area (Å²) in [5, 5.41) is 24.1. The molecular formula is C19H21N2O4-. The van der Waals surface area contributed by atoms with E-state index in [0.29, 0.717) is 5.56 Å². The Morgan fingerprint density at radius 2 is 1.84 bits per heavy atom. The number of rotatable bonds is 8. The van der Waals surface area contributed by atoms with E-state index in [1.807, 2.05) is 19.1 Å². The second-order valence-electron chi connectivity index (χ2n) is 5.96. The summed E-state index contributed by atoms with van der Waals surface area (Å²) in [5.41, 5.74) is 1.52. The number of carboxylic acids is 1. The lowest BCUT2D eigenvalue weighted by atomic mass is 9.93. The molecule has 0 bridgehead atoms. The first-order chi connectivity index (χ1) is 12.0. The normalized spacial score (nSPS) is 14.3. The lowest BCUT2D eigenvalue weighted by Gasteiger charge is -2.24. The summed E-state index contributed by atoms with van der Waals surface area (Å²) >= 11 is 0. The second kappa shape index (κ2) is 8.94. The van der Waals surface area contributed by atoms with Crippen LogP contribution in [0, 0.1) is 5.92 Å². The highest BCUT2D eigenvalue weighted by Gasteiger charge is 2.27. The van der Waals surface area contributed by atoms with Crippen molar-refractivity contribution in [1.82, 2.24) is 10.3 Å². The molecule has 2 aromatic rings. The summed E-state index contributed by atoms with van der Waals surface area (Å²) in [7, 11) is 0. The van der Waals surface area contributed by atoms with Gasteiger partial charge in [-0.25, -0.2) is 0 Å². The number of carbonyl (C=O) groups is 2. The number of aromatic nitrogens is 1. The quantitative estimate of drug-likeness (QED) is 0.717. The maximum atomic E-state index is 12.1. The van der Waals surface area contributed by atoms with Crippen LogP contribution >= 0.6 is 0 Å². The number of nitrogens with zero attached hydrogens (tertiary/aromatic N) is 1. The van der Waals surface area contributed by atoms with Gasteiger partial charge in [0.15, 0.2) is 0 Å². The van der Waals surface area contributed by atoms with Crippen LogP contribution in [0.15, 0.2) is 54.7 Å². The fraction of sp³-hybridized carbons (Fsp3) is 0.316. The largest absolute Gasteiger partial charge is 0.550 e. The van der Waals surface area contributed by atoms with Gasteiger partial charge in [0.2, 0.25) is 5.91 Å². The van der Waals surface area contributed by atoms with E-state index in [1.54, 1.807) is 42.6 Å². The molecule has 132 valence electrons. The maximum Gasteiger partial charge on any atom is 0.249 e. The third-order valence-corrected chi connectivity index (χ3v) is 4.03. The smallest absolute Gasteiger partial charge is 0.249 e. The number of aliphatic carboxylic acids is 1. The predicted molar refractivity (Wildman–Crippen MR) is 90.3 cm³/mol. The van der Waals surface area contributed by atoms with E-state index in [1.165, 1.54) is 0 Å². The van der Waals surface area contributed by atoms with E-state index in [0.717, 1.165) is 5.69 Å². The number of amides is 1. The van der Waals surface area contributed by atoms with Crippen LogP contribution < -0.4 is 10.4 Å². The van der Waals surface area contributed by atoms with Gasteiger partial charge in [-0.05, 0) is 24.1 Å². The topological polar surface area (TPSA) is 102 Å². The van der Waals surface area contributed by atoms with Crippen molar-refractivity contribution in [3.63, 3.8) is 0 Å². The molecule has 1 amide bonds. The molecule has 1 heterocycles. The summed E-state index contributed by atoms with van der Waals surface area (Å²) in [6.07, 6.45) is 0.00308. The number of pyridine rings is 1. The molecule has 0 saturated carbocycles. The Bertz CT molecular complexity index is 691. The van der Waals surface area contributed by atoms with E-state index < -0.39 is 23.9 Å². The van der Waals surface area contributed by atoms with Crippen molar-refractivity contribution < 1.29 is 19.8 Å². The molecule has 0 spiro atoms. The van der Waals surface area contributed by atoms with Crippen molar-refractivity contribution in [2.24, 2.45) is 5.92 Å². The van der Waals surface area contributed by atoms with Crippen molar-refractivity contribution in [1.29, 1.82) is 0 Å². The van der Waals surface area contributed by atoms with Crippen molar-refractivity contribution in [2.45, 2.75) is 25.4 Å². The Kier molecular flexibility index (Phi) is 6.65. The van der Waals surface area contributed by atoms with E-state index in [9.17, 15) is 19.8 Å². The number of benzene rings is 1. The Morgan fingerprint density at radius 1 is 1.16 bits per heavy atom. The van der Waals surface area contributed by atoms with Crippen molar-refractivity contribution in [3.8, 4) is 0 Å². The molecule has 0 aliphatic heterocycles. The monoisotopic (exact) mass is 341 g/mol. The highest BCUT2D eigenvalue weighted by molar-refractivity contribution is 5.86. The average Bonchev–Trinajstić information content (AvgIpc) is 2.64. The van der Waals surface area contributed by atoms with Gasteiger partial charge in [-0.3, -0.25) is 9.78 Å². The molecule has 0 aliphatic carbocycles. The zero-order valence-corrected chi connectivity index (χ0v) is 14.0. The molecule has 2 N–H and O–H groups in total. The van der Waals surface area contributed by atoms with Crippen LogP contribution in [0.1, 0.15) is 24.1 Å². The summed E-state index contributed by atoms with van der Waals surface area (Å²) in [4.78, 5) is 27.7. The molecule has 0 saturated heterocycles. The maximum absolute atomic E-state index is 12.1. The third-order valence-electron chi connectivity index (χ3n) is 4.03. The highest BCUT2D eigenvalue weighted by atomic mass is 16.4. The number of nitrogens with one attached hydrogen (secondary N) is 1. The number of aliphatic hydroxyl groups is 1. The summed E-state index contributed by atoms with van der Waals surface area (Å²) in [6.45, 7) is 2.13. The predicted octanol–water partition coefficient (Wildman–Crippen LogP) is 0.271. The first-order valence-electron chi connectivity index (χ1n) is 8.10. The number of carboxylic acid groups (broad SMARTS) is 1. The van der Waals surface area contributed by atoms with E-state index in [2.05, 4.69) is 10.3 Å². The van der Waals surface area contributed by atoms with Gasteiger partial charge in [-0.2, -0.15) is 0 Å². The summed E-state index contributed by atoms with van der Waals surface area (Å²) in [5.74, 6) is -3.56. The lowest BCUT2D eigenvalue weighted by molar-refractivity contribution is -0.313. The fourth-order valence-corrected chi connectivity index (χ4v) is 2.50. The minimum Gasteiger partial charge on any atom is -0.550 e. The Hall–Kier alpha value is -2.73. The summed E-state index contributed by atoms with van der Waals surface area (Å²) in [6, 6.07) is 14.3. The molecule has 3 atom stereocenters. The van der Waals surface area contributed by atoms with Gasteiger partial charge in [0.05, 0.1) is 0 Å². The average molecular weight is 341 g/mol. The van der Waals surface area contributed by atoms with Crippen LogP contribution in [0.4, 0.5) is 0 Å². The molecule has 6 nitrogen and oxygen atoms in total. The Morgan fingerprint density at radius 3 is 2.44 bits per heavy atom. The Balaban J connectivity index is 1.95. The number of hydrogen-bond donors (Lipinski definition) is 2. The van der Waals surface area contributed by atoms with Crippen molar-refractivity contribution >= 4 is 11.9 Å². The van der Waals surface area contributed by atoms with E-state index >= 15 is 0 Å². The van der Waals surface area contributed by atoms with Gasteiger partial charge in [0.25, 0.3) is 0 Å². The van der Waals surface area contributed by atoms with Crippen LogP contribution in [-0.2, 0) is 16.0 Å². The Labute approximate surface area is 146 Å². The molecule has 1 aromatic heterocycles. The van der Waals surface area contributed by atoms with Gasteiger partial charge >= 0.3 is 0 Å². The van der Waals surface area contributed by atoms with Gasteiger partial charge < -0.3 is 20.3 Å². The van der Waals surface area contributed by atoms with E-state index in [4.69, 9.17) is 0 Å². The van der Waals surface area contributed by atoms with Gasteiger partial charge in [0, 0.05) is 36.2 Å². The molecule has 3 unspecified atom stereocenters. The van der Waals surface area contributed by atoms with Crippen LogP contribution in [0.3, 0.4) is 0 Å². The van der Waals surface area contributed by atoms with Crippen LogP contribution in [0.5, 0.6) is 0 Å². The third kappa shape index (κ3) is 5.39. The van der Waals surface area contributed by atoms with Crippen molar-refractivity contribution in [2.75, 3.05) is 6.54 Å². The molecule has 6 heteroatoms. The van der Waals surface area contributed by atoms with E-state index in [-0.39, 0.29) is 18.9 Å². The molecule has 25 heavy (non-hydrogen) atoms. The fourth-order valence-electron chi connectivity index (χ4n) is 2.50. The van der Waals surface area contributed by atoms with Crippen molar-refractivity contribution in [3.05, 3.63) is 66.0 Å². The molecule has 2 rings (SSSR count). The lowest BCUT2D eigenvalue weighted by Crippen LogP contribution is -2.48. The van der Waals surface area contributed by atoms with Gasteiger partial charge in [0.1, 0.15) is 6.10 Å². The zero-order chi connectivity index (χ0) is 18.2. The minimum atomic E-state index is -1.68.